The van der Waals surface area contributed by atoms with E-state index in [1.807, 2.05) is 21.0 Å². The van der Waals surface area contributed by atoms with Gasteiger partial charge in [0.15, 0.2) is 6.29 Å². The molecule has 6 heterocycles. The van der Waals surface area contributed by atoms with Crippen molar-refractivity contribution in [3.8, 4) is 0 Å². The van der Waals surface area contributed by atoms with Crippen LogP contribution in [0.15, 0.2) is 18.2 Å². The lowest BCUT2D eigenvalue weighted by Crippen LogP contribution is -2.39. The highest BCUT2D eigenvalue weighted by molar-refractivity contribution is 5.85. The number of ether oxygens (including phenoxy) is 2. The molecule has 4 N–H and O–H groups in total. The molecule has 3 aromatic heterocycles. The second-order valence-corrected chi connectivity index (χ2v) is 14.8. The van der Waals surface area contributed by atoms with Gasteiger partial charge in [-0.3, -0.25) is 4.98 Å². The maximum absolute atomic E-state index is 9.55. The Labute approximate surface area is 316 Å². The molecule has 0 aliphatic carbocycles. The molecule has 0 spiro atoms. The third-order valence-corrected chi connectivity index (χ3v) is 10.3. The molecular weight excluding hydrogens is 667 g/mol. The predicted octanol–water partition coefficient (Wildman–Crippen LogP) is 7.68. The molecule has 1 fully saturated rings. The van der Waals surface area contributed by atoms with Crippen molar-refractivity contribution in [3.05, 3.63) is 68.8 Å². The van der Waals surface area contributed by atoms with E-state index in [9.17, 15) is 9.90 Å². The monoisotopic (exact) mass is 729 g/mol. The Morgan fingerprint density at radius 1 is 0.925 bits per heavy atom. The minimum Gasteiger partial charge on any atom is -0.394 e. The number of aldehydes is 1. The van der Waals surface area contributed by atoms with Crippen LogP contribution in [-0.4, -0.2) is 93.7 Å². The molecule has 0 aromatic carbocycles. The molecule has 3 aliphatic rings. The number of allylic oxidation sites excluding steroid dienone is 1. The largest absolute Gasteiger partial charge is 0.394 e. The summed E-state index contributed by atoms with van der Waals surface area (Å²) in [7, 11) is 4.03. The molecule has 53 heavy (non-hydrogen) atoms. The van der Waals surface area contributed by atoms with Gasteiger partial charge < -0.3 is 39.3 Å². The third kappa shape index (κ3) is 10.7. The standard InChI is InChI=1S/C29H34N4.C11H23NO4.C3H6O/c1-8-20-18(6)27-14-29-21(9-2)17(5)26(32-29)12-22-15(3)10-24(30-22)19(7)25-11-16(4)23(31-25)13-28(20)33-27;1-12(2)4-3-5-15-11-7-9(14)6-10(8-13)16-11;1-2-3-4/h11-15,32-33H,8-10H2,1-7H3;9-11,13-14H,3-8H2,1-2H3;3H,2H2,1H3. The van der Waals surface area contributed by atoms with Crippen molar-refractivity contribution < 1.29 is 24.5 Å². The van der Waals surface area contributed by atoms with Crippen LogP contribution in [0.25, 0.3) is 33.7 Å². The van der Waals surface area contributed by atoms with Crippen molar-refractivity contribution in [3.63, 3.8) is 0 Å². The fourth-order valence-corrected chi connectivity index (χ4v) is 7.13. The topological polar surface area (TPSA) is 137 Å². The van der Waals surface area contributed by atoms with Gasteiger partial charge in [0.25, 0.3) is 0 Å². The van der Waals surface area contributed by atoms with Crippen LogP contribution in [0.2, 0.25) is 0 Å². The predicted molar refractivity (Wildman–Crippen MR) is 216 cm³/mol. The van der Waals surface area contributed by atoms with Crippen molar-refractivity contribution in [2.75, 3.05) is 33.9 Å². The summed E-state index contributed by atoms with van der Waals surface area (Å²) in [5, 5.41) is 18.5. The van der Waals surface area contributed by atoms with Crippen molar-refractivity contribution >= 4 is 40.0 Å². The molecule has 1 saturated heterocycles. The first kappa shape index (κ1) is 42.1. The summed E-state index contributed by atoms with van der Waals surface area (Å²) < 4.78 is 11.0. The highest BCUT2D eigenvalue weighted by Gasteiger charge is 2.28. The van der Waals surface area contributed by atoms with Crippen molar-refractivity contribution in [2.45, 2.75) is 125 Å². The van der Waals surface area contributed by atoms with Crippen LogP contribution < -0.4 is 0 Å². The molecule has 6 rings (SSSR count). The van der Waals surface area contributed by atoms with Gasteiger partial charge in [0.1, 0.15) is 6.29 Å². The summed E-state index contributed by atoms with van der Waals surface area (Å²) in [5.74, 6) is 0.396. The average Bonchev–Trinajstić information content (AvgIpc) is 3.86. The van der Waals surface area contributed by atoms with E-state index >= 15 is 0 Å². The van der Waals surface area contributed by atoms with Crippen LogP contribution in [0.3, 0.4) is 0 Å². The number of aliphatic hydroxyl groups excluding tert-OH is 2. The van der Waals surface area contributed by atoms with Gasteiger partial charge in [-0.15, -0.1) is 0 Å². The van der Waals surface area contributed by atoms with Crippen molar-refractivity contribution in [2.24, 2.45) is 0 Å². The van der Waals surface area contributed by atoms with E-state index in [4.69, 9.17) is 24.5 Å². The van der Waals surface area contributed by atoms with E-state index in [2.05, 4.69) is 87.6 Å². The molecule has 4 atom stereocenters. The number of nitrogens with zero attached hydrogens (tertiary/aromatic N) is 3. The van der Waals surface area contributed by atoms with Gasteiger partial charge in [0, 0.05) is 58.6 Å². The molecule has 3 aromatic rings. The number of aliphatic hydroxyl groups is 2. The van der Waals surface area contributed by atoms with E-state index in [0.29, 0.717) is 31.8 Å². The Kier molecular flexibility index (Phi) is 15.6. The van der Waals surface area contributed by atoms with Gasteiger partial charge in [-0.05, 0) is 132 Å². The minimum atomic E-state index is -0.426. The van der Waals surface area contributed by atoms with Crippen LogP contribution in [0, 0.1) is 20.8 Å². The molecule has 4 unspecified atom stereocenters. The zero-order chi connectivity index (χ0) is 38.8. The van der Waals surface area contributed by atoms with Gasteiger partial charge in [-0.1, -0.05) is 27.7 Å². The fourth-order valence-electron chi connectivity index (χ4n) is 7.13. The van der Waals surface area contributed by atoms with Gasteiger partial charge in [0.2, 0.25) is 0 Å². The summed E-state index contributed by atoms with van der Waals surface area (Å²) >= 11 is 0. The number of nitrogens with one attached hydrogen (secondary N) is 2. The van der Waals surface area contributed by atoms with E-state index in [-0.39, 0.29) is 19.0 Å². The van der Waals surface area contributed by atoms with Crippen molar-refractivity contribution in [1.82, 2.24) is 24.8 Å². The fraction of sp³-hybridized carbons (Fsp3) is 0.558. The van der Waals surface area contributed by atoms with Crippen LogP contribution in [-0.2, 0) is 33.5 Å². The summed E-state index contributed by atoms with van der Waals surface area (Å²) in [6.07, 6.45) is 7.50. The quantitative estimate of drug-likeness (QED) is 0.130. The first-order valence-electron chi connectivity index (χ1n) is 19.4. The van der Waals surface area contributed by atoms with Crippen LogP contribution in [0.1, 0.15) is 117 Å². The maximum Gasteiger partial charge on any atom is 0.160 e. The number of carbonyl (C=O) groups excluding carboxylic acids is 1. The van der Waals surface area contributed by atoms with Crippen LogP contribution in [0.4, 0.5) is 0 Å². The van der Waals surface area contributed by atoms with E-state index in [0.717, 1.165) is 66.8 Å². The number of fused-ring (bicyclic) bond motifs is 8. The number of aryl methyl sites for hydroxylation is 4. The lowest BCUT2D eigenvalue weighted by Gasteiger charge is -2.32. The lowest BCUT2D eigenvalue weighted by molar-refractivity contribution is -0.221. The average molecular weight is 730 g/mol. The maximum atomic E-state index is 9.55. The number of hydrogen-bond acceptors (Lipinski definition) is 8. The summed E-state index contributed by atoms with van der Waals surface area (Å²) in [5.41, 5.74) is 16.8. The normalized spacial score (nSPS) is 19.6. The minimum absolute atomic E-state index is 0.0609. The van der Waals surface area contributed by atoms with Gasteiger partial charge in [0.05, 0.1) is 36.8 Å². The first-order valence-corrected chi connectivity index (χ1v) is 19.4. The Bertz CT molecular complexity index is 1890. The molecule has 10 heteroatoms. The number of aromatic nitrogens is 4. The molecule has 10 nitrogen and oxygen atoms in total. The van der Waals surface area contributed by atoms with E-state index < -0.39 is 6.10 Å². The first-order chi connectivity index (χ1) is 25.3. The highest BCUT2D eigenvalue weighted by atomic mass is 16.7. The molecule has 8 bridgehead atoms. The second kappa shape index (κ2) is 19.6. The van der Waals surface area contributed by atoms with Crippen molar-refractivity contribution in [1.29, 1.82) is 0 Å². The van der Waals surface area contributed by atoms with Gasteiger partial charge >= 0.3 is 0 Å². The smallest absolute Gasteiger partial charge is 0.160 e. The Hall–Kier alpha value is -3.67. The second-order valence-electron chi connectivity index (χ2n) is 14.8. The molecular formula is C43H63N5O5. The summed E-state index contributed by atoms with van der Waals surface area (Å²) in [6, 6.07) is 6.76. The molecule has 290 valence electrons. The molecule has 0 saturated carbocycles. The van der Waals surface area contributed by atoms with Gasteiger partial charge in [-0.25, -0.2) is 4.98 Å². The third-order valence-electron chi connectivity index (χ3n) is 10.3. The van der Waals surface area contributed by atoms with E-state index in [1.54, 1.807) is 0 Å². The number of carbonyl (C=O) groups is 1. The van der Waals surface area contributed by atoms with Gasteiger partial charge in [-0.2, -0.15) is 0 Å². The zero-order valence-corrected chi connectivity index (χ0v) is 33.7. The number of aromatic amines is 2. The SMILES string of the molecule is CCC=O.CCc1c(C)c2cc3[nH]c(cc4nc(c(C)c5nc(cc1[nH]2)C(C)=C5)CC4C)c(C)c3CC.CN(C)CCCOC1CC(O)CC(CO)O1. The summed E-state index contributed by atoms with van der Waals surface area (Å²) in [6.45, 7) is 18.8. The summed E-state index contributed by atoms with van der Waals surface area (Å²) in [4.78, 5) is 28.8. The van der Waals surface area contributed by atoms with E-state index in [1.165, 1.54) is 49.9 Å². The molecule has 3 aliphatic heterocycles. The van der Waals surface area contributed by atoms with Crippen LogP contribution >= 0.6 is 0 Å². The Morgan fingerprint density at radius 2 is 1.55 bits per heavy atom. The number of rotatable bonds is 9. The number of H-pyrrole nitrogens is 2. The number of hydrogen-bond donors (Lipinski definition) is 4. The molecule has 0 radical (unpaired) electrons. The van der Waals surface area contributed by atoms with Crippen LogP contribution in [0.5, 0.6) is 0 Å². The Balaban J connectivity index is 0.000000262. The highest BCUT2D eigenvalue weighted by Crippen LogP contribution is 2.32. The zero-order valence-electron chi connectivity index (χ0n) is 33.7. The molecule has 0 amide bonds. The Morgan fingerprint density at radius 3 is 2.13 bits per heavy atom. The lowest BCUT2D eigenvalue weighted by atomic mass is 10.0.